The second kappa shape index (κ2) is 7.29. The van der Waals surface area contributed by atoms with E-state index < -0.39 is 0 Å². The van der Waals surface area contributed by atoms with Crippen molar-refractivity contribution in [3.63, 3.8) is 0 Å². The highest BCUT2D eigenvalue weighted by atomic mass is 16.5. The van der Waals surface area contributed by atoms with Crippen LogP contribution >= 0.6 is 0 Å². The smallest absolute Gasteiger partial charge is 0.225 e. The number of hydrogen-bond donors (Lipinski definition) is 2. The Labute approximate surface area is 121 Å². The number of nitrogens with one attached hydrogen (secondary N) is 1. The zero-order valence-electron chi connectivity index (χ0n) is 12.9. The number of benzene rings is 1. The molecule has 0 aliphatic heterocycles. The summed E-state index contributed by atoms with van der Waals surface area (Å²) in [5.41, 5.74) is 6.68. The van der Waals surface area contributed by atoms with Crippen LogP contribution in [0.1, 0.15) is 40.5 Å². The fourth-order valence-electron chi connectivity index (χ4n) is 1.60. The number of nitrogens with two attached hydrogens (primary N) is 1. The second-order valence-electron chi connectivity index (χ2n) is 6.10. The first kappa shape index (κ1) is 16.5. The van der Waals surface area contributed by atoms with Gasteiger partial charge in [0.05, 0.1) is 6.61 Å². The lowest BCUT2D eigenvalue weighted by atomic mass is 9.85. The van der Waals surface area contributed by atoms with Gasteiger partial charge < -0.3 is 15.8 Å². The van der Waals surface area contributed by atoms with E-state index in [1.165, 1.54) is 0 Å². The van der Waals surface area contributed by atoms with Crippen LogP contribution in [-0.2, 0) is 4.79 Å². The SMILES string of the molecule is CCCOc1cccc(NC(=O)CC(N)C(C)(C)C)c1. The van der Waals surface area contributed by atoms with Crippen LogP contribution < -0.4 is 15.8 Å². The largest absolute Gasteiger partial charge is 0.494 e. The molecule has 0 aliphatic carbocycles. The molecule has 1 atom stereocenters. The molecular formula is C16H26N2O2. The standard InChI is InChI=1S/C16H26N2O2/c1-5-9-20-13-8-6-7-12(10-13)18-15(19)11-14(17)16(2,3)4/h6-8,10,14H,5,9,11,17H2,1-4H3,(H,18,19). The molecule has 0 saturated heterocycles. The zero-order chi connectivity index (χ0) is 15.2. The van der Waals surface area contributed by atoms with E-state index in [4.69, 9.17) is 10.5 Å². The van der Waals surface area contributed by atoms with Crippen molar-refractivity contribution >= 4 is 11.6 Å². The van der Waals surface area contributed by atoms with E-state index in [1.807, 2.05) is 45.0 Å². The Hall–Kier alpha value is -1.55. The lowest BCUT2D eigenvalue weighted by molar-refractivity contribution is -0.117. The summed E-state index contributed by atoms with van der Waals surface area (Å²) in [5.74, 6) is 0.699. The number of hydrogen-bond acceptors (Lipinski definition) is 3. The third-order valence-electron chi connectivity index (χ3n) is 3.11. The molecule has 0 heterocycles. The maximum Gasteiger partial charge on any atom is 0.225 e. The molecule has 0 aliphatic rings. The first-order valence-corrected chi connectivity index (χ1v) is 7.11. The van der Waals surface area contributed by atoms with Crippen LogP contribution in [0.25, 0.3) is 0 Å². The van der Waals surface area contributed by atoms with Crippen molar-refractivity contribution in [2.75, 3.05) is 11.9 Å². The first-order valence-electron chi connectivity index (χ1n) is 7.11. The molecule has 4 nitrogen and oxygen atoms in total. The van der Waals surface area contributed by atoms with Crippen molar-refractivity contribution in [2.45, 2.75) is 46.6 Å². The first-order chi connectivity index (χ1) is 9.32. The summed E-state index contributed by atoms with van der Waals surface area (Å²) >= 11 is 0. The molecule has 112 valence electrons. The Morgan fingerprint density at radius 2 is 2.10 bits per heavy atom. The van der Waals surface area contributed by atoms with Crippen LogP contribution in [0.15, 0.2) is 24.3 Å². The number of anilines is 1. The minimum atomic E-state index is -0.165. The van der Waals surface area contributed by atoms with Crippen molar-refractivity contribution in [1.82, 2.24) is 0 Å². The molecule has 20 heavy (non-hydrogen) atoms. The van der Waals surface area contributed by atoms with Gasteiger partial charge in [-0.25, -0.2) is 0 Å². The van der Waals surface area contributed by atoms with Gasteiger partial charge in [-0.05, 0) is 24.0 Å². The molecule has 4 heteroatoms. The van der Waals surface area contributed by atoms with Gasteiger partial charge in [-0.15, -0.1) is 0 Å². The monoisotopic (exact) mass is 278 g/mol. The molecule has 1 aromatic carbocycles. The predicted octanol–water partition coefficient (Wildman–Crippen LogP) is 3.18. The van der Waals surface area contributed by atoms with Gasteiger partial charge in [0.1, 0.15) is 5.75 Å². The Balaban J connectivity index is 2.57. The molecule has 3 N–H and O–H groups in total. The van der Waals surface area contributed by atoms with Crippen molar-refractivity contribution in [1.29, 1.82) is 0 Å². The van der Waals surface area contributed by atoms with Gasteiger partial charge in [-0.3, -0.25) is 4.79 Å². The van der Waals surface area contributed by atoms with Crippen molar-refractivity contribution < 1.29 is 9.53 Å². The van der Waals surface area contributed by atoms with Gasteiger partial charge in [0, 0.05) is 24.2 Å². The maximum atomic E-state index is 12.0. The van der Waals surface area contributed by atoms with E-state index >= 15 is 0 Å². The van der Waals surface area contributed by atoms with Crippen LogP contribution in [0.4, 0.5) is 5.69 Å². The molecule has 0 bridgehead atoms. The zero-order valence-corrected chi connectivity index (χ0v) is 12.9. The molecule has 1 rings (SSSR count). The topological polar surface area (TPSA) is 64.3 Å². The molecule has 0 spiro atoms. The molecular weight excluding hydrogens is 252 g/mol. The molecule has 1 aromatic rings. The lowest BCUT2D eigenvalue weighted by Crippen LogP contribution is -2.38. The van der Waals surface area contributed by atoms with Gasteiger partial charge in [0.15, 0.2) is 0 Å². The predicted molar refractivity (Wildman–Crippen MR) is 82.9 cm³/mol. The van der Waals surface area contributed by atoms with E-state index in [2.05, 4.69) is 12.2 Å². The van der Waals surface area contributed by atoms with Crippen molar-refractivity contribution in [3.8, 4) is 5.75 Å². The minimum absolute atomic E-state index is 0.0694. The lowest BCUT2D eigenvalue weighted by Gasteiger charge is -2.26. The number of rotatable bonds is 6. The summed E-state index contributed by atoms with van der Waals surface area (Å²) < 4.78 is 5.54. The van der Waals surface area contributed by atoms with E-state index in [0.29, 0.717) is 13.0 Å². The number of carbonyl (C=O) groups excluding carboxylic acids is 1. The van der Waals surface area contributed by atoms with Crippen molar-refractivity contribution in [2.24, 2.45) is 11.1 Å². The summed E-state index contributed by atoms with van der Waals surface area (Å²) in [6.45, 7) is 8.82. The summed E-state index contributed by atoms with van der Waals surface area (Å²) in [7, 11) is 0. The van der Waals surface area contributed by atoms with Gasteiger partial charge in [-0.2, -0.15) is 0 Å². The number of ether oxygens (including phenoxy) is 1. The molecule has 0 saturated carbocycles. The van der Waals surface area contributed by atoms with Gasteiger partial charge >= 0.3 is 0 Å². The van der Waals surface area contributed by atoms with Gasteiger partial charge in [0.2, 0.25) is 5.91 Å². The molecule has 1 unspecified atom stereocenters. The average Bonchev–Trinajstić information content (AvgIpc) is 2.35. The summed E-state index contributed by atoms with van der Waals surface area (Å²) in [4.78, 5) is 12.0. The summed E-state index contributed by atoms with van der Waals surface area (Å²) in [5, 5.41) is 2.86. The Morgan fingerprint density at radius 3 is 2.70 bits per heavy atom. The average molecular weight is 278 g/mol. The van der Waals surface area contributed by atoms with E-state index in [0.717, 1.165) is 17.9 Å². The Bertz CT molecular complexity index is 438. The maximum absolute atomic E-state index is 12.0. The highest BCUT2D eigenvalue weighted by molar-refractivity contribution is 5.91. The fourth-order valence-corrected chi connectivity index (χ4v) is 1.60. The van der Waals surface area contributed by atoms with Crippen LogP contribution in [0, 0.1) is 5.41 Å². The second-order valence-corrected chi connectivity index (χ2v) is 6.10. The highest BCUT2D eigenvalue weighted by Gasteiger charge is 2.23. The van der Waals surface area contributed by atoms with Crippen LogP contribution in [0.2, 0.25) is 0 Å². The quantitative estimate of drug-likeness (QED) is 0.840. The summed E-state index contributed by atoms with van der Waals surface area (Å²) in [6.07, 6.45) is 1.26. The third kappa shape index (κ3) is 5.61. The van der Waals surface area contributed by atoms with Gasteiger partial charge in [-0.1, -0.05) is 33.8 Å². The van der Waals surface area contributed by atoms with Crippen LogP contribution in [0.5, 0.6) is 5.75 Å². The fraction of sp³-hybridized carbons (Fsp3) is 0.562. The Kier molecular flexibility index (Phi) is 6.02. The van der Waals surface area contributed by atoms with E-state index in [1.54, 1.807) is 0 Å². The van der Waals surface area contributed by atoms with Gasteiger partial charge in [0.25, 0.3) is 0 Å². The minimum Gasteiger partial charge on any atom is -0.494 e. The Morgan fingerprint density at radius 1 is 1.40 bits per heavy atom. The number of carbonyl (C=O) groups is 1. The molecule has 1 amide bonds. The third-order valence-corrected chi connectivity index (χ3v) is 3.11. The molecule has 0 fully saturated rings. The van der Waals surface area contributed by atoms with Crippen LogP contribution in [0.3, 0.4) is 0 Å². The molecule has 0 aromatic heterocycles. The molecule has 0 radical (unpaired) electrons. The highest BCUT2D eigenvalue weighted by Crippen LogP contribution is 2.21. The summed E-state index contributed by atoms with van der Waals surface area (Å²) in [6, 6.07) is 7.26. The van der Waals surface area contributed by atoms with Crippen LogP contribution in [-0.4, -0.2) is 18.6 Å². The number of amides is 1. The van der Waals surface area contributed by atoms with E-state index in [-0.39, 0.29) is 17.4 Å². The van der Waals surface area contributed by atoms with Crippen molar-refractivity contribution in [3.05, 3.63) is 24.3 Å². The van der Waals surface area contributed by atoms with E-state index in [9.17, 15) is 4.79 Å². The normalized spacial score (nSPS) is 12.8.